The summed E-state index contributed by atoms with van der Waals surface area (Å²) in [5.41, 5.74) is 10.7. The largest absolute Gasteiger partial charge is 0.508 e. The maximum Gasteiger partial charge on any atom is 0.239 e. The number of unbranched alkanes of at least 4 members (excludes halogenated alkanes) is 1. The van der Waals surface area contributed by atoms with Gasteiger partial charge in [-0.3, -0.25) is 14.4 Å². The van der Waals surface area contributed by atoms with Gasteiger partial charge in [0.15, 0.2) is 0 Å². The Morgan fingerprint density at radius 2 is 1.61 bits per heavy atom. The maximum absolute atomic E-state index is 11.7. The van der Waals surface area contributed by atoms with Gasteiger partial charge < -0.3 is 41.8 Å². The number of primary amides is 2. The number of hydrogen-bond donors (Lipinski definition) is 6. The van der Waals surface area contributed by atoms with Crippen LogP contribution in [0.4, 0.5) is 0 Å². The third-order valence-corrected chi connectivity index (χ3v) is 4.93. The van der Waals surface area contributed by atoms with E-state index in [0.29, 0.717) is 18.3 Å². The molecule has 11 nitrogen and oxygen atoms in total. The molecule has 0 aromatic heterocycles. The number of aryl methyl sites for hydroxylation is 1. The van der Waals surface area contributed by atoms with Crippen molar-refractivity contribution in [3.05, 3.63) is 29.8 Å². The van der Waals surface area contributed by atoms with E-state index >= 15 is 0 Å². The number of phenolic OH excluding ortho intramolecular Hbond substituents is 1. The van der Waals surface area contributed by atoms with Gasteiger partial charge in [0.2, 0.25) is 18.2 Å². The number of aldehydes is 1. The second-order valence-electron chi connectivity index (χ2n) is 9.60. The quantitative estimate of drug-likeness (QED) is 0.178. The number of nitrogens with one attached hydrogen (secondary N) is 2. The monoisotopic (exact) mass is 586 g/mol. The fraction of sp³-hybridized carbons (Fsp3) is 0.667. The van der Waals surface area contributed by atoms with E-state index in [-0.39, 0.29) is 24.5 Å². The molecular formula is C30H58N4O7. The molecule has 8 N–H and O–H groups in total. The number of carbonyl (C=O) groups is 4. The number of benzene rings is 1. The summed E-state index contributed by atoms with van der Waals surface area (Å²) in [7, 11) is 1.00. The molecule has 240 valence electrons. The minimum atomic E-state index is -0.586. The van der Waals surface area contributed by atoms with E-state index in [9.17, 15) is 14.4 Å². The molecule has 1 heterocycles. The summed E-state index contributed by atoms with van der Waals surface area (Å²) in [4.78, 5) is 41.3. The van der Waals surface area contributed by atoms with E-state index in [1.54, 1.807) is 24.3 Å². The van der Waals surface area contributed by atoms with Crippen molar-refractivity contribution in [1.82, 2.24) is 10.6 Å². The third kappa shape index (κ3) is 37.0. The van der Waals surface area contributed by atoms with Gasteiger partial charge in [0.05, 0.1) is 13.2 Å². The highest BCUT2D eigenvalue weighted by molar-refractivity contribution is 5.86. The molecule has 0 spiro atoms. The molecule has 1 fully saturated rings. The summed E-state index contributed by atoms with van der Waals surface area (Å²) in [6.45, 7) is 16.3. The number of ether oxygens (including phenoxy) is 1. The summed E-state index contributed by atoms with van der Waals surface area (Å²) in [5, 5.41) is 21.9. The van der Waals surface area contributed by atoms with Crippen molar-refractivity contribution in [3.63, 3.8) is 0 Å². The second kappa shape index (κ2) is 33.2. The molecule has 0 radical (unpaired) electrons. The highest BCUT2D eigenvalue weighted by Crippen LogP contribution is 2.20. The third-order valence-electron chi connectivity index (χ3n) is 4.93. The molecule has 0 saturated carbocycles. The Morgan fingerprint density at radius 3 is 1.95 bits per heavy atom. The number of morpholine rings is 1. The van der Waals surface area contributed by atoms with E-state index in [1.807, 2.05) is 20.8 Å². The van der Waals surface area contributed by atoms with Gasteiger partial charge in [-0.1, -0.05) is 60.1 Å². The Morgan fingerprint density at radius 1 is 1.10 bits per heavy atom. The van der Waals surface area contributed by atoms with E-state index < -0.39 is 11.9 Å². The molecule has 1 aromatic rings. The molecule has 1 unspecified atom stereocenters. The standard InChI is InChI=1S/C14H20N2O3.C8H16O.C4H9NO.C2H6.CH3NO.CH4O/c1-2-3-12(14(15)19)16-13(18)9-6-10-4-7-11(17)8-5-10;1-8(2,3)6-4-5-7-9;1-3-6-4-2-5-1;1-2;2-1-3;1-2/h4-5,7-8,12,17H,2-3,6,9H2,1H3,(H2,15,19)(H,16,18);7H,4-6H2,1-3H3;5H,1-4H2;1-2H3;1H,(H2,2,3);2H,1H3. The lowest BCUT2D eigenvalue weighted by atomic mass is 9.90. The van der Waals surface area contributed by atoms with Crippen molar-refractivity contribution in [1.29, 1.82) is 0 Å². The minimum absolute atomic E-state index is 0.190. The van der Waals surface area contributed by atoms with Gasteiger partial charge in [-0.15, -0.1) is 0 Å². The van der Waals surface area contributed by atoms with E-state index in [2.05, 4.69) is 37.1 Å². The van der Waals surface area contributed by atoms with Crippen LogP contribution in [0, 0.1) is 5.41 Å². The first-order valence-corrected chi connectivity index (χ1v) is 14.2. The Bertz CT molecular complexity index is 724. The first-order chi connectivity index (χ1) is 19.5. The number of amides is 3. The highest BCUT2D eigenvalue weighted by Gasteiger charge is 2.16. The van der Waals surface area contributed by atoms with E-state index in [1.165, 1.54) is 0 Å². The number of carbonyl (C=O) groups excluding carboxylic acids is 4. The van der Waals surface area contributed by atoms with Crippen LogP contribution >= 0.6 is 0 Å². The van der Waals surface area contributed by atoms with Crippen molar-refractivity contribution >= 4 is 24.5 Å². The highest BCUT2D eigenvalue weighted by atomic mass is 16.5. The van der Waals surface area contributed by atoms with Gasteiger partial charge in [-0.2, -0.15) is 0 Å². The molecule has 0 bridgehead atoms. The predicted molar refractivity (Wildman–Crippen MR) is 165 cm³/mol. The Hall–Kier alpha value is -3.02. The summed E-state index contributed by atoms with van der Waals surface area (Å²) in [5.74, 6) is -0.491. The van der Waals surface area contributed by atoms with Crippen molar-refractivity contribution in [2.24, 2.45) is 16.9 Å². The number of aliphatic hydroxyl groups is 1. The van der Waals surface area contributed by atoms with Gasteiger partial charge >= 0.3 is 0 Å². The molecule has 1 aromatic carbocycles. The number of rotatable bonds is 10. The predicted octanol–water partition coefficient (Wildman–Crippen LogP) is 2.84. The zero-order valence-electron chi connectivity index (χ0n) is 26.4. The maximum atomic E-state index is 11.7. The number of aromatic hydroxyl groups is 1. The lowest BCUT2D eigenvalue weighted by Gasteiger charge is -2.16. The van der Waals surface area contributed by atoms with Crippen LogP contribution < -0.4 is 22.1 Å². The van der Waals surface area contributed by atoms with Crippen LogP contribution in [0.2, 0.25) is 0 Å². The Kier molecular flexibility index (Phi) is 36.4. The fourth-order valence-corrected chi connectivity index (χ4v) is 2.99. The van der Waals surface area contributed by atoms with Crippen LogP contribution in [0.15, 0.2) is 24.3 Å². The van der Waals surface area contributed by atoms with Crippen LogP contribution in [0.25, 0.3) is 0 Å². The number of phenols is 1. The molecular weight excluding hydrogens is 528 g/mol. The van der Waals surface area contributed by atoms with Gasteiger partial charge in [0.25, 0.3) is 0 Å². The van der Waals surface area contributed by atoms with Gasteiger partial charge in [-0.25, -0.2) is 0 Å². The van der Waals surface area contributed by atoms with Crippen molar-refractivity contribution in [2.45, 2.75) is 92.5 Å². The van der Waals surface area contributed by atoms with Crippen molar-refractivity contribution in [2.75, 3.05) is 33.4 Å². The van der Waals surface area contributed by atoms with Gasteiger partial charge in [0.1, 0.15) is 18.1 Å². The summed E-state index contributed by atoms with van der Waals surface area (Å²) >= 11 is 0. The van der Waals surface area contributed by atoms with Crippen molar-refractivity contribution < 1.29 is 34.1 Å². The van der Waals surface area contributed by atoms with Crippen LogP contribution in [0.1, 0.15) is 85.6 Å². The molecule has 1 saturated heterocycles. The van der Waals surface area contributed by atoms with Crippen molar-refractivity contribution in [3.8, 4) is 5.75 Å². The summed E-state index contributed by atoms with van der Waals surface area (Å²) < 4.78 is 5.01. The van der Waals surface area contributed by atoms with E-state index in [0.717, 1.165) is 70.9 Å². The average molecular weight is 587 g/mol. The fourth-order valence-electron chi connectivity index (χ4n) is 2.99. The molecule has 1 aliphatic rings. The summed E-state index contributed by atoms with van der Waals surface area (Å²) in [6, 6.07) is 6.10. The second-order valence-corrected chi connectivity index (χ2v) is 9.60. The molecule has 1 aliphatic heterocycles. The van der Waals surface area contributed by atoms with Crippen LogP contribution in [-0.4, -0.2) is 74.2 Å². The zero-order valence-corrected chi connectivity index (χ0v) is 26.4. The Balaban J connectivity index is -0.000000257. The number of nitrogens with two attached hydrogens (primary N) is 2. The number of aliphatic hydroxyl groups excluding tert-OH is 1. The summed E-state index contributed by atoms with van der Waals surface area (Å²) in [6.07, 6.45) is 6.33. The van der Waals surface area contributed by atoms with Crippen LogP contribution in [-0.2, 0) is 30.3 Å². The lowest BCUT2D eigenvalue weighted by molar-refractivity contribution is -0.127. The molecule has 3 amide bonds. The zero-order chi connectivity index (χ0) is 32.5. The average Bonchev–Trinajstić information content (AvgIpc) is 2.96. The molecule has 2 rings (SSSR count). The first kappa shape index (κ1) is 45.0. The minimum Gasteiger partial charge on any atom is -0.508 e. The molecule has 41 heavy (non-hydrogen) atoms. The first-order valence-electron chi connectivity index (χ1n) is 14.2. The van der Waals surface area contributed by atoms with Gasteiger partial charge in [0, 0.05) is 33.0 Å². The topological polar surface area (TPSA) is 194 Å². The lowest BCUT2D eigenvalue weighted by Crippen LogP contribution is -2.44. The number of hydrogen-bond acceptors (Lipinski definition) is 8. The SMILES string of the molecule is C1COCCN1.CC.CC(C)(C)CCCC=O.CCCC(NC(=O)CCc1ccc(O)cc1)C(N)=O.CO.NC=O. The Labute approximate surface area is 247 Å². The molecule has 11 heteroatoms. The van der Waals surface area contributed by atoms with E-state index in [4.69, 9.17) is 25.5 Å². The van der Waals surface area contributed by atoms with Crippen LogP contribution in [0.3, 0.4) is 0 Å². The van der Waals surface area contributed by atoms with Crippen LogP contribution in [0.5, 0.6) is 5.75 Å². The molecule has 1 atom stereocenters. The molecule has 0 aliphatic carbocycles. The smallest absolute Gasteiger partial charge is 0.239 e. The van der Waals surface area contributed by atoms with Gasteiger partial charge in [-0.05, 0) is 48.8 Å². The normalized spacial score (nSPS) is 12.1.